The van der Waals surface area contributed by atoms with Crippen LogP contribution in [0, 0.1) is 0 Å². The Balaban J connectivity index is 1.23. The van der Waals surface area contributed by atoms with Crippen molar-refractivity contribution < 1.29 is 4.42 Å². The highest BCUT2D eigenvalue weighted by molar-refractivity contribution is 6.24. The Hall–Kier alpha value is -7.70. The molecule has 0 N–H and O–H groups in total. The molecule has 6 nitrogen and oxygen atoms in total. The Morgan fingerprint density at radius 1 is 0.411 bits per heavy atom. The summed E-state index contributed by atoms with van der Waals surface area (Å²) < 4.78 is 13.4. The molecule has 4 aromatic heterocycles. The van der Waals surface area contributed by atoms with E-state index in [0.717, 1.165) is 89.0 Å². The molecular weight excluding hydrogens is 687 g/mol. The van der Waals surface area contributed by atoms with E-state index in [1.807, 2.05) is 35.0 Å². The summed E-state index contributed by atoms with van der Waals surface area (Å²) >= 11 is 0. The van der Waals surface area contributed by atoms with Gasteiger partial charge in [-0.15, -0.1) is 5.10 Å². The molecule has 0 aliphatic carbocycles. The second-order valence-electron chi connectivity index (χ2n) is 14.2. The maximum Gasteiger partial charge on any atom is 0.137 e. The molecule has 262 valence electrons. The van der Waals surface area contributed by atoms with Crippen molar-refractivity contribution in [3.63, 3.8) is 0 Å². The molecule has 0 aliphatic heterocycles. The lowest BCUT2D eigenvalue weighted by Crippen LogP contribution is -2.05. The monoisotopic (exact) mass is 717 g/mol. The third kappa shape index (κ3) is 4.32. The highest BCUT2D eigenvalue weighted by Gasteiger charge is 2.26. The zero-order valence-electron chi connectivity index (χ0n) is 30.0. The SMILES string of the molecule is c1ccc(-c2nnn(-c3ccccc3)c2-c2cccc3c4ccccc4n(-c4ccccc4-n4c5ccccc5c5ccc6oc7ccccc7c6c54)c23)cc1. The second-order valence-corrected chi connectivity index (χ2v) is 14.2. The summed E-state index contributed by atoms with van der Waals surface area (Å²) in [6.07, 6.45) is 0. The van der Waals surface area contributed by atoms with Gasteiger partial charge in [0.25, 0.3) is 0 Å². The Kier molecular flexibility index (Phi) is 6.53. The lowest BCUT2D eigenvalue weighted by molar-refractivity contribution is 0.669. The number of rotatable bonds is 5. The predicted octanol–water partition coefficient (Wildman–Crippen LogP) is 12.7. The zero-order chi connectivity index (χ0) is 36.7. The average Bonchev–Trinajstić information content (AvgIpc) is 4.04. The highest BCUT2D eigenvalue weighted by atomic mass is 16.3. The van der Waals surface area contributed by atoms with Crippen LogP contribution in [0.5, 0.6) is 0 Å². The first-order valence-electron chi connectivity index (χ1n) is 18.9. The molecule has 12 rings (SSSR count). The third-order valence-electron chi connectivity index (χ3n) is 11.2. The molecule has 0 fully saturated rings. The van der Waals surface area contributed by atoms with Crippen molar-refractivity contribution in [1.29, 1.82) is 0 Å². The van der Waals surface area contributed by atoms with Gasteiger partial charge in [-0.3, -0.25) is 0 Å². The van der Waals surface area contributed by atoms with Gasteiger partial charge in [0.1, 0.15) is 22.6 Å². The van der Waals surface area contributed by atoms with Crippen molar-refractivity contribution >= 4 is 65.6 Å². The van der Waals surface area contributed by atoms with Gasteiger partial charge in [0.05, 0.1) is 44.5 Å². The summed E-state index contributed by atoms with van der Waals surface area (Å²) in [5.74, 6) is 0. The molecule has 0 bridgehead atoms. The van der Waals surface area contributed by atoms with Crippen LogP contribution in [0.3, 0.4) is 0 Å². The third-order valence-corrected chi connectivity index (χ3v) is 11.2. The number of nitrogens with zero attached hydrogens (tertiary/aromatic N) is 5. The molecule has 56 heavy (non-hydrogen) atoms. The van der Waals surface area contributed by atoms with E-state index in [4.69, 9.17) is 14.7 Å². The summed E-state index contributed by atoms with van der Waals surface area (Å²) in [6.45, 7) is 0. The Morgan fingerprint density at radius 2 is 0.982 bits per heavy atom. The number of fused-ring (bicyclic) bond motifs is 10. The fraction of sp³-hybridized carbons (Fsp3) is 0. The first-order valence-corrected chi connectivity index (χ1v) is 18.9. The van der Waals surface area contributed by atoms with Gasteiger partial charge in [-0.2, -0.15) is 0 Å². The number of furan rings is 1. The van der Waals surface area contributed by atoms with Crippen LogP contribution in [-0.4, -0.2) is 24.1 Å². The Morgan fingerprint density at radius 3 is 1.71 bits per heavy atom. The molecule has 12 aromatic rings. The lowest BCUT2D eigenvalue weighted by atomic mass is 10.0. The van der Waals surface area contributed by atoms with Crippen molar-refractivity contribution in [3.8, 4) is 39.6 Å². The van der Waals surface area contributed by atoms with E-state index >= 15 is 0 Å². The van der Waals surface area contributed by atoms with Gasteiger partial charge in [-0.1, -0.05) is 139 Å². The summed E-state index contributed by atoms with van der Waals surface area (Å²) in [7, 11) is 0. The number of para-hydroxylation sites is 7. The van der Waals surface area contributed by atoms with Crippen molar-refractivity contribution in [2.24, 2.45) is 0 Å². The van der Waals surface area contributed by atoms with E-state index < -0.39 is 0 Å². The molecule has 0 atom stereocenters. The van der Waals surface area contributed by atoms with Crippen LogP contribution in [-0.2, 0) is 0 Å². The maximum absolute atomic E-state index is 6.48. The van der Waals surface area contributed by atoms with Crippen molar-refractivity contribution in [1.82, 2.24) is 24.1 Å². The quantitative estimate of drug-likeness (QED) is 0.178. The van der Waals surface area contributed by atoms with Crippen LogP contribution < -0.4 is 0 Å². The fourth-order valence-corrected chi connectivity index (χ4v) is 8.88. The van der Waals surface area contributed by atoms with Crippen LogP contribution in [0.1, 0.15) is 0 Å². The maximum atomic E-state index is 6.48. The first kappa shape index (κ1) is 30.7. The van der Waals surface area contributed by atoms with Crippen LogP contribution in [0.25, 0.3) is 105 Å². The molecule has 0 saturated carbocycles. The van der Waals surface area contributed by atoms with Crippen LogP contribution in [0.2, 0.25) is 0 Å². The lowest BCUT2D eigenvalue weighted by Gasteiger charge is -2.18. The van der Waals surface area contributed by atoms with Gasteiger partial charge in [-0.25, -0.2) is 4.68 Å². The van der Waals surface area contributed by atoms with E-state index in [0.29, 0.717) is 0 Å². The second kappa shape index (κ2) is 11.9. The summed E-state index contributed by atoms with van der Waals surface area (Å²) in [5, 5.41) is 16.6. The normalized spacial score (nSPS) is 11.9. The molecule has 0 radical (unpaired) electrons. The van der Waals surface area contributed by atoms with Gasteiger partial charge in [0, 0.05) is 38.1 Å². The highest BCUT2D eigenvalue weighted by Crippen LogP contribution is 2.45. The van der Waals surface area contributed by atoms with Crippen LogP contribution in [0.4, 0.5) is 0 Å². The fourth-order valence-electron chi connectivity index (χ4n) is 8.88. The molecule has 6 heteroatoms. The molecule has 4 heterocycles. The van der Waals surface area contributed by atoms with E-state index in [9.17, 15) is 0 Å². The predicted molar refractivity (Wildman–Crippen MR) is 228 cm³/mol. The van der Waals surface area contributed by atoms with Gasteiger partial charge >= 0.3 is 0 Å². The standard InChI is InChI=1S/C50H31N5O/c1-3-16-32(17-4-1)47-50(55(52-51-47)33-18-5-2-6-19-33)39-24-15-23-36-34-20-7-10-25-40(34)53(48(36)39)42-27-12-13-28-43(42)54-41-26-11-8-21-35(41)37-30-31-45-46(49(37)54)38-22-9-14-29-44(38)56-45/h1-31H. The minimum absolute atomic E-state index is 0.823. The average molecular weight is 718 g/mol. The van der Waals surface area contributed by atoms with Gasteiger partial charge in [-0.05, 0) is 54.6 Å². The number of benzene rings is 8. The summed E-state index contributed by atoms with van der Waals surface area (Å²) in [6, 6.07) is 66.2. The number of aromatic nitrogens is 5. The Bertz CT molecular complexity index is 3420. The largest absolute Gasteiger partial charge is 0.456 e. The number of hydrogen-bond acceptors (Lipinski definition) is 3. The molecular formula is C50H31N5O. The number of hydrogen-bond donors (Lipinski definition) is 0. The molecule has 8 aromatic carbocycles. The van der Waals surface area contributed by atoms with Crippen molar-refractivity contribution in [2.45, 2.75) is 0 Å². The van der Waals surface area contributed by atoms with Crippen LogP contribution in [0.15, 0.2) is 192 Å². The van der Waals surface area contributed by atoms with Gasteiger partial charge < -0.3 is 13.6 Å². The zero-order valence-corrected chi connectivity index (χ0v) is 30.0. The van der Waals surface area contributed by atoms with Crippen molar-refractivity contribution in [3.05, 3.63) is 188 Å². The Labute approximate surface area is 320 Å². The minimum atomic E-state index is 0.823. The molecule has 0 spiro atoms. The van der Waals surface area contributed by atoms with Gasteiger partial charge in [0.2, 0.25) is 0 Å². The molecule has 0 unspecified atom stereocenters. The molecule has 0 amide bonds. The first-order chi connectivity index (χ1) is 27.8. The van der Waals surface area contributed by atoms with Crippen molar-refractivity contribution in [2.75, 3.05) is 0 Å². The summed E-state index contributed by atoms with van der Waals surface area (Å²) in [5.41, 5.74) is 13.1. The molecule has 0 aliphatic rings. The molecule has 0 saturated heterocycles. The van der Waals surface area contributed by atoms with E-state index in [1.54, 1.807) is 0 Å². The minimum Gasteiger partial charge on any atom is -0.456 e. The van der Waals surface area contributed by atoms with E-state index in [1.165, 1.54) is 16.2 Å². The summed E-state index contributed by atoms with van der Waals surface area (Å²) in [4.78, 5) is 0. The van der Waals surface area contributed by atoms with Crippen LogP contribution >= 0.6 is 0 Å². The van der Waals surface area contributed by atoms with Gasteiger partial charge in [0.15, 0.2) is 0 Å². The topological polar surface area (TPSA) is 53.7 Å². The van der Waals surface area contributed by atoms with E-state index in [2.05, 4.69) is 167 Å². The van der Waals surface area contributed by atoms with E-state index in [-0.39, 0.29) is 0 Å². The smallest absolute Gasteiger partial charge is 0.137 e.